The maximum atomic E-state index is 12.5. The molecule has 2 aromatic rings. The number of carbonyl (C=O) groups is 1. The third-order valence-corrected chi connectivity index (χ3v) is 4.96. The van der Waals surface area contributed by atoms with Crippen LogP contribution in [0.1, 0.15) is 11.6 Å². The average molecular weight is 379 g/mol. The molecule has 1 aliphatic rings. The molecule has 1 amide bonds. The molecule has 1 unspecified atom stereocenters. The maximum Gasteiger partial charge on any atom is 0.260 e. The SMILES string of the molecule is CN1CCN(C(=O)COc2ccc(Cl)cc2Cl)CC1c1ccccc1. The normalized spacial score (nSPS) is 18.2. The number of rotatable bonds is 4. The first kappa shape index (κ1) is 18.1. The molecular formula is C19H20Cl2N2O2. The van der Waals surface area contributed by atoms with Crippen LogP contribution in [0.5, 0.6) is 5.75 Å². The fourth-order valence-electron chi connectivity index (χ4n) is 2.96. The molecule has 0 spiro atoms. The molecule has 0 bridgehead atoms. The van der Waals surface area contributed by atoms with Crippen LogP contribution in [0.3, 0.4) is 0 Å². The minimum Gasteiger partial charge on any atom is -0.482 e. The zero-order chi connectivity index (χ0) is 17.8. The van der Waals surface area contributed by atoms with E-state index in [2.05, 4.69) is 24.1 Å². The third kappa shape index (κ3) is 4.46. The van der Waals surface area contributed by atoms with Crippen LogP contribution in [0.15, 0.2) is 48.5 Å². The average Bonchev–Trinajstić information content (AvgIpc) is 2.62. The summed E-state index contributed by atoms with van der Waals surface area (Å²) in [6.07, 6.45) is 0. The van der Waals surface area contributed by atoms with E-state index in [0.717, 1.165) is 6.54 Å². The van der Waals surface area contributed by atoms with Gasteiger partial charge in [0.05, 0.1) is 11.1 Å². The number of hydrogen-bond donors (Lipinski definition) is 0. The number of carbonyl (C=O) groups excluding carboxylic acids is 1. The summed E-state index contributed by atoms with van der Waals surface area (Å²) in [4.78, 5) is 16.7. The summed E-state index contributed by atoms with van der Waals surface area (Å²) in [7, 11) is 2.09. The van der Waals surface area contributed by atoms with Crippen molar-refractivity contribution in [2.75, 3.05) is 33.3 Å². The molecule has 1 aliphatic heterocycles. The van der Waals surface area contributed by atoms with Gasteiger partial charge in [-0.3, -0.25) is 9.69 Å². The molecule has 3 rings (SSSR count). The third-order valence-electron chi connectivity index (χ3n) is 4.43. The lowest BCUT2D eigenvalue weighted by Gasteiger charge is -2.39. The summed E-state index contributed by atoms with van der Waals surface area (Å²) >= 11 is 11.9. The molecule has 0 N–H and O–H groups in total. The van der Waals surface area contributed by atoms with Crippen molar-refractivity contribution in [2.45, 2.75) is 6.04 Å². The van der Waals surface area contributed by atoms with Crippen molar-refractivity contribution in [3.05, 3.63) is 64.1 Å². The summed E-state index contributed by atoms with van der Waals surface area (Å²) in [5.74, 6) is 0.424. The fourth-order valence-corrected chi connectivity index (χ4v) is 3.42. The number of ether oxygens (including phenoxy) is 1. The second-order valence-electron chi connectivity index (χ2n) is 6.11. The smallest absolute Gasteiger partial charge is 0.260 e. The van der Waals surface area contributed by atoms with Gasteiger partial charge in [-0.1, -0.05) is 53.5 Å². The van der Waals surface area contributed by atoms with Gasteiger partial charge in [0, 0.05) is 24.7 Å². The molecular weight excluding hydrogens is 359 g/mol. The van der Waals surface area contributed by atoms with E-state index in [4.69, 9.17) is 27.9 Å². The summed E-state index contributed by atoms with van der Waals surface area (Å²) in [6, 6.07) is 15.4. The topological polar surface area (TPSA) is 32.8 Å². The highest BCUT2D eigenvalue weighted by molar-refractivity contribution is 6.35. The monoisotopic (exact) mass is 378 g/mol. The molecule has 0 aromatic heterocycles. The summed E-state index contributed by atoms with van der Waals surface area (Å²) in [6.45, 7) is 2.13. The highest BCUT2D eigenvalue weighted by atomic mass is 35.5. The molecule has 25 heavy (non-hydrogen) atoms. The lowest BCUT2D eigenvalue weighted by atomic mass is 10.0. The van der Waals surface area contributed by atoms with E-state index < -0.39 is 0 Å². The van der Waals surface area contributed by atoms with Crippen molar-refractivity contribution >= 4 is 29.1 Å². The Kier molecular flexibility index (Phi) is 5.84. The van der Waals surface area contributed by atoms with Gasteiger partial charge < -0.3 is 9.64 Å². The van der Waals surface area contributed by atoms with Crippen LogP contribution in [0.2, 0.25) is 10.0 Å². The summed E-state index contributed by atoms with van der Waals surface area (Å²) < 4.78 is 5.58. The Hall–Kier alpha value is -1.75. The Morgan fingerprint density at radius 3 is 2.64 bits per heavy atom. The molecule has 6 heteroatoms. The Morgan fingerprint density at radius 2 is 1.92 bits per heavy atom. The van der Waals surface area contributed by atoms with Crippen LogP contribution >= 0.6 is 23.2 Å². The first-order valence-electron chi connectivity index (χ1n) is 8.15. The van der Waals surface area contributed by atoms with E-state index in [1.54, 1.807) is 18.2 Å². The van der Waals surface area contributed by atoms with Gasteiger partial charge in [-0.05, 0) is 30.8 Å². The van der Waals surface area contributed by atoms with Gasteiger partial charge in [0.25, 0.3) is 5.91 Å². The number of benzene rings is 2. The van der Waals surface area contributed by atoms with Crippen molar-refractivity contribution < 1.29 is 9.53 Å². The molecule has 0 aliphatic carbocycles. The Labute approximate surface area is 157 Å². The molecule has 2 aromatic carbocycles. The molecule has 1 saturated heterocycles. The number of hydrogen-bond acceptors (Lipinski definition) is 3. The molecule has 1 heterocycles. The number of amides is 1. The van der Waals surface area contributed by atoms with Crippen LogP contribution in [-0.4, -0.2) is 49.0 Å². The van der Waals surface area contributed by atoms with E-state index in [1.807, 2.05) is 23.1 Å². The number of likely N-dealkylation sites (N-methyl/N-ethyl adjacent to an activating group) is 1. The highest BCUT2D eigenvalue weighted by Crippen LogP contribution is 2.28. The van der Waals surface area contributed by atoms with Crippen LogP contribution in [0.4, 0.5) is 0 Å². The molecule has 1 fully saturated rings. The Bertz CT molecular complexity index is 739. The summed E-state index contributed by atoms with van der Waals surface area (Å²) in [5, 5.41) is 0.939. The largest absolute Gasteiger partial charge is 0.482 e. The van der Waals surface area contributed by atoms with E-state index >= 15 is 0 Å². The van der Waals surface area contributed by atoms with Gasteiger partial charge in [0.1, 0.15) is 5.75 Å². The second kappa shape index (κ2) is 8.09. The van der Waals surface area contributed by atoms with Gasteiger partial charge in [-0.25, -0.2) is 0 Å². The zero-order valence-electron chi connectivity index (χ0n) is 14.0. The predicted molar refractivity (Wildman–Crippen MR) is 100 cm³/mol. The highest BCUT2D eigenvalue weighted by Gasteiger charge is 2.28. The minimum atomic E-state index is -0.0416. The first-order valence-corrected chi connectivity index (χ1v) is 8.91. The van der Waals surface area contributed by atoms with E-state index in [-0.39, 0.29) is 18.6 Å². The van der Waals surface area contributed by atoms with Gasteiger partial charge in [0.2, 0.25) is 0 Å². The van der Waals surface area contributed by atoms with E-state index in [1.165, 1.54) is 5.56 Å². The van der Waals surface area contributed by atoms with Gasteiger partial charge in [0.15, 0.2) is 6.61 Å². The van der Waals surface area contributed by atoms with Gasteiger partial charge in [-0.2, -0.15) is 0 Å². The van der Waals surface area contributed by atoms with Gasteiger partial charge >= 0.3 is 0 Å². The van der Waals surface area contributed by atoms with E-state index in [9.17, 15) is 4.79 Å². The fraction of sp³-hybridized carbons (Fsp3) is 0.316. The number of nitrogens with zero attached hydrogens (tertiary/aromatic N) is 2. The molecule has 0 saturated carbocycles. The van der Waals surface area contributed by atoms with Crippen molar-refractivity contribution in [3.8, 4) is 5.75 Å². The zero-order valence-corrected chi connectivity index (χ0v) is 15.5. The lowest BCUT2D eigenvalue weighted by Crippen LogP contribution is -2.50. The van der Waals surface area contributed by atoms with Crippen molar-refractivity contribution in [2.24, 2.45) is 0 Å². The Morgan fingerprint density at radius 1 is 1.16 bits per heavy atom. The minimum absolute atomic E-state index is 0.0351. The molecule has 0 radical (unpaired) electrons. The summed E-state index contributed by atoms with van der Waals surface area (Å²) in [5.41, 5.74) is 1.21. The predicted octanol–water partition coefficient (Wildman–Crippen LogP) is 3.89. The van der Waals surface area contributed by atoms with E-state index in [0.29, 0.717) is 28.9 Å². The molecule has 4 nitrogen and oxygen atoms in total. The van der Waals surface area contributed by atoms with Crippen LogP contribution in [0, 0.1) is 0 Å². The Balaban J connectivity index is 1.62. The second-order valence-corrected chi connectivity index (χ2v) is 6.95. The number of halogens is 2. The van der Waals surface area contributed by atoms with Crippen molar-refractivity contribution in [3.63, 3.8) is 0 Å². The van der Waals surface area contributed by atoms with Gasteiger partial charge in [-0.15, -0.1) is 0 Å². The first-order chi connectivity index (χ1) is 12.0. The maximum absolute atomic E-state index is 12.5. The van der Waals surface area contributed by atoms with Crippen LogP contribution < -0.4 is 4.74 Å². The van der Waals surface area contributed by atoms with Crippen molar-refractivity contribution in [1.82, 2.24) is 9.80 Å². The molecule has 1 atom stereocenters. The molecule has 132 valence electrons. The number of piperazine rings is 1. The van der Waals surface area contributed by atoms with Crippen molar-refractivity contribution in [1.29, 1.82) is 0 Å². The van der Waals surface area contributed by atoms with Crippen LogP contribution in [-0.2, 0) is 4.79 Å². The quantitative estimate of drug-likeness (QED) is 0.808. The standard InChI is InChI=1S/C19H20Cl2N2O2/c1-22-9-10-23(12-17(22)14-5-3-2-4-6-14)19(24)13-25-18-8-7-15(20)11-16(18)21/h2-8,11,17H,9-10,12-13H2,1H3. The van der Waals surface area contributed by atoms with Crippen LogP contribution in [0.25, 0.3) is 0 Å². The lowest BCUT2D eigenvalue weighted by molar-refractivity contribution is -0.136.